The highest BCUT2D eigenvalue weighted by Crippen LogP contribution is 2.39. The zero-order valence-corrected chi connectivity index (χ0v) is 10.9. The summed E-state index contributed by atoms with van der Waals surface area (Å²) in [5.41, 5.74) is 0.335. The molecule has 2 rings (SSSR count). The molecule has 0 aromatic heterocycles. The van der Waals surface area contributed by atoms with Crippen molar-refractivity contribution in [3.63, 3.8) is 0 Å². The van der Waals surface area contributed by atoms with Crippen molar-refractivity contribution in [2.45, 2.75) is 6.42 Å². The molecule has 0 saturated heterocycles. The first-order valence-corrected chi connectivity index (χ1v) is 5.93. The lowest BCUT2D eigenvalue weighted by Crippen LogP contribution is -2.29. The Bertz CT molecular complexity index is 531. The molecule has 1 aromatic rings. The van der Waals surface area contributed by atoms with E-state index in [1.807, 2.05) is 0 Å². The average Bonchev–Trinajstić information content (AvgIpc) is 2.83. The van der Waals surface area contributed by atoms with Gasteiger partial charge in [-0.2, -0.15) is 0 Å². The smallest absolute Gasteiger partial charge is 0.305 e. The first-order chi connectivity index (χ1) is 8.99. The van der Waals surface area contributed by atoms with Crippen molar-refractivity contribution in [3.8, 4) is 11.5 Å². The van der Waals surface area contributed by atoms with Crippen molar-refractivity contribution < 1.29 is 24.2 Å². The summed E-state index contributed by atoms with van der Waals surface area (Å²) < 4.78 is 10.3. The van der Waals surface area contributed by atoms with Crippen LogP contribution in [0.1, 0.15) is 16.8 Å². The van der Waals surface area contributed by atoms with Crippen LogP contribution in [0.4, 0.5) is 0 Å². The van der Waals surface area contributed by atoms with Gasteiger partial charge in [-0.05, 0) is 12.1 Å². The molecular weight excluding hydrogens is 274 g/mol. The van der Waals surface area contributed by atoms with Crippen molar-refractivity contribution in [2.24, 2.45) is 0 Å². The highest BCUT2D eigenvalue weighted by atomic mass is 35.5. The zero-order valence-electron chi connectivity index (χ0n) is 10.2. The number of fused-ring (bicyclic) bond motifs is 1. The summed E-state index contributed by atoms with van der Waals surface area (Å²) in [6.07, 6.45) is -0.111. The van der Waals surface area contributed by atoms with Gasteiger partial charge in [0.2, 0.25) is 6.79 Å². The number of nitrogens with zero attached hydrogens (tertiary/aromatic N) is 1. The first kappa shape index (κ1) is 13.5. The molecule has 1 amide bonds. The SMILES string of the molecule is CN(CCC(=O)O)C(=O)c1cc(Cl)c2c(c1)OCO2. The molecule has 1 aliphatic heterocycles. The van der Waals surface area contributed by atoms with Crippen LogP contribution >= 0.6 is 11.6 Å². The number of carboxylic acid groups (broad SMARTS) is 1. The van der Waals surface area contributed by atoms with Gasteiger partial charge < -0.3 is 19.5 Å². The van der Waals surface area contributed by atoms with Gasteiger partial charge in [0, 0.05) is 19.2 Å². The van der Waals surface area contributed by atoms with E-state index in [1.165, 1.54) is 24.1 Å². The molecule has 1 aromatic carbocycles. The summed E-state index contributed by atoms with van der Waals surface area (Å²) >= 11 is 5.98. The van der Waals surface area contributed by atoms with Crippen LogP contribution in [0.3, 0.4) is 0 Å². The number of carbonyl (C=O) groups is 2. The minimum atomic E-state index is -0.955. The summed E-state index contributed by atoms with van der Waals surface area (Å²) in [6.45, 7) is 0.196. The second-order valence-electron chi connectivity index (χ2n) is 4.06. The monoisotopic (exact) mass is 285 g/mol. The van der Waals surface area contributed by atoms with Gasteiger partial charge >= 0.3 is 5.97 Å². The molecule has 6 nitrogen and oxygen atoms in total. The van der Waals surface area contributed by atoms with Crippen LogP contribution in [0.5, 0.6) is 11.5 Å². The third-order valence-corrected chi connectivity index (χ3v) is 2.96. The number of carbonyl (C=O) groups excluding carboxylic acids is 1. The Morgan fingerprint density at radius 2 is 2.16 bits per heavy atom. The number of halogens is 1. The first-order valence-electron chi connectivity index (χ1n) is 5.55. The van der Waals surface area contributed by atoms with E-state index in [-0.39, 0.29) is 25.7 Å². The van der Waals surface area contributed by atoms with E-state index in [0.29, 0.717) is 22.1 Å². The van der Waals surface area contributed by atoms with Gasteiger partial charge in [0.05, 0.1) is 11.4 Å². The van der Waals surface area contributed by atoms with Gasteiger partial charge in [-0.25, -0.2) is 0 Å². The largest absolute Gasteiger partial charge is 0.481 e. The standard InChI is InChI=1S/C12H12ClNO5/c1-14(3-2-10(15)16)12(17)7-4-8(13)11-9(5-7)18-6-19-11/h4-5H,2-3,6H2,1H3,(H,15,16). The van der Waals surface area contributed by atoms with E-state index < -0.39 is 5.97 Å². The second kappa shape index (κ2) is 5.36. The predicted molar refractivity (Wildman–Crippen MR) is 66.8 cm³/mol. The fourth-order valence-electron chi connectivity index (χ4n) is 1.68. The molecule has 0 unspecified atom stereocenters. The summed E-state index contributed by atoms with van der Waals surface area (Å²) in [5.74, 6) is -0.432. The molecule has 0 bridgehead atoms. The number of aliphatic carboxylic acids is 1. The van der Waals surface area contributed by atoms with Gasteiger partial charge in [-0.1, -0.05) is 11.6 Å². The fourth-order valence-corrected chi connectivity index (χ4v) is 1.94. The summed E-state index contributed by atoms with van der Waals surface area (Å²) in [4.78, 5) is 23.9. The van der Waals surface area contributed by atoms with E-state index in [0.717, 1.165) is 0 Å². The van der Waals surface area contributed by atoms with E-state index in [9.17, 15) is 9.59 Å². The zero-order chi connectivity index (χ0) is 14.0. The Labute approximate surface area is 114 Å². The predicted octanol–water partition coefficient (Wildman–Crippen LogP) is 1.62. The molecule has 0 spiro atoms. The van der Waals surface area contributed by atoms with Crippen LogP contribution < -0.4 is 9.47 Å². The Hall–Kier alpha value is -1.95. The van der Waals surface area contributed by atoms with Crippen molar-refractivity contribution in [2.75, 3.05) is 20.4 Å². The lowest BCUT2D eigenvalue weighted by molar-refractivity contribution is -0.137. The Balaban J connectivity index is 2.15. The molecule has 0 radical (unpaired) electrons. The van der Waals surface area contributed by atoms with Crippen LogP contribution in [-0.4, -0.2) is 42.3 Å². The molecule has 102 valence electrons. The Morgan fingerprint density at radius 3 is 2.84 bits per heavy atom. The molecule has 0 saturated carbocycles. The molecule has 1 N–H and O–H groups in total. The highest BCUT2D eigenvalue weighted by molar-refractivity contribution is 6.32. The lowest BCUT2D eigenvalue weighted by atomic mass is 10.1. The summed E-state index contributed by atoms with van der Waals surface area (Å²) in [6, 6.07) is 3.02. The van der Waals surface area contributed by atoms with E-state index in [2.05, 4.69) is 0 Å². The van der Waals surface area contributed by atoms with Crippen molar-refractivity contribution >= 4 is 23.5 Å². The fraction of sp³-hybridized carbons (Fsp3) is 0.333. The van der Waals surface area contributed by atoms with E-state index in [4.69, 9.17) is 26.2 Å². The van der Waals surface area contributed by atoms with Crippen molar-refractivity contribution in [3.05, 3.63) is 22.7 Å². The van der Waals surface area contributed by atoms with Gasteiger partial charge in [0.15, 0.2) is 11.5 Å². The van der Waals surface area contributed by atoms with E-state index >= 15 is 0 Å². The van der Waals surface area contributed by atoms with Crippen LogP contribution in [0, 0.1) is 0 Å². The molecule has 1 heterocycles. The molecule has 0 fully saturated rings. The maximum atomic E-state index is 12.1. The van der Waals surface area contributed by atoms with Crippen LogP contribution in [0.15, 0.2) is 12.1 Å². The minimum absolute atomic E-state index is 0.0710. The molecule has 19 heavy (non-hydrogen) atoms. The third kappa shape index (κ3) is 2.90. The second-order valence-corrected chi connectivity index (χ2v) is 4.47. The number of benzene rings is 1. The van der Waals surface area contributed by atoms with Crippen LogP contribution in [0.25, 0.3) is 0 Å². The van der Waals surface area contributed by atoms with Gasteiger partial charge in [-0.3, -0.25) is 9.59 Å². The normalized spacial score (nSPS) is 12.3. The molecule has 0 aliphatic carbocycles. The number of rotatable bonds is 4. The quantitative estimate of drug-likeness (QED) is 0.909. The van der Waals surface area contributed by atoms with Gasteiger partial charge in [-0.15, -0.1) is 0 Å². The summed E-state index contributed by atoms with van der Waals surface area (Å²) in [5, 5.41) is 8.89. The van der Waals surface area contributed by atoms with Crippen molar-refractivity contribution in [1.29, 1.82) is 0 Å². The van der Waals surface area contributed by atoms with Crippen molar-refractivity contribution in [1.82, 2.24) is 4.90 Å². The number of carboxylic acids is 1. The van der Waals surface area contributed by atoms with Crippen LogP contribution in [0.2, 0.25) is 5.02 Å². The molecular formula is C12H12ClNO5. The summed E-state index contributed by atoms with van der Waals surface area (Å²) in [7, 11) is 1.53. The lowest BCUT2D eigenvalue weighted by Gasteiger charge is -2.16. The molecule has 1 aliphatic rings. The number of hydrogen-bond donors (Lipinski definition) is 1. The van der Waals surface area contributed by atoms with E-state index in [1.54, 1.807) is 0 Å². The maximum absolute atomic E-state index is 12.1. The maximum Gasteiger partial charge on any atom is 0.305 e. The molecule has 0 atom stereocenters. The number of hydrogen-bond acceptors (Lipinski definition) is 4. The molecule has 7 heteroatoms. The van der Waals surface area contributed by atoms with Crippen LogP contribution in [-0.2, 0) is 4.79 Å². The highest BCUT2D eigenvalue weighted by Gasteiger charge is 2.22. The van der Waals surface area contributed by atoms with Gasteiger partial charge in [0.25, 0.3) is 5.91 Å². The Morgan fingerprint density at radius 1 is 1.42 bits per heavy atom. The minimum Gasteiger partial charge on any atom is -0.481 e. The van der Waals surface area contributed by atoms with Gasteiger partial charge in [0.1, 0.15) is 0 Å². The number of amides is 1. The third-order valence-electron chi connectivity index (χ3n) is 2.68. The number of ether oxygens (including phenoxy) is 2. The Kier molecular flexibility index (Phi) is 3.80. The topological polar surface area (TPSA) is 76.1 Å². The average molecular weight is 286 g/mol.